The number of rotatable bonds is 7. The summed E-state index contributed by atoms with van der Waals surface area (Å²) in [6, 6.07) is 8.13. The van der Waals surface area contributed by atoms with Crippen LogP contribution in [0.4, 0.5) is 0 Å². The highest BCUT2D eigenvalue weighted by molar-refractivity contribution is 9.11. The molecule has 0 aliphatic rings. The molecule has 0 fully saturated rings. The zero-order chi connectivity index (χ0) is 22.0. The number of aliphatic carboxylic acids is 1. The number of phenols is 1. The lowest BCUT2D eigenvalue weighted by Gasteiger charge is -2.13. The fraction of sp³-hybridized carbons (Fsp3) is 0.300. The molecule has 6 nitrogen and oxygen atoms in total. The van der Waals surface area contributed by atoms with Gasteiger partial charge < -0.3 is 20.3 Å². The molecule has 0 saturated heterocycles. The summed E-state index contributed by atoms with van der Waals surface area (Å²) < 4.78 is 7.35. The molecule has 0 heterocycles. The summed E-state index contributed by atoms with van der Waals surface area (Å²) in [6.07, 6.45) is 2.21. The summed E-state index contributed by atoms with van der Waals surface area (Å²) in [7, 11) is 0.793. The van der Waals surface area contributed by atoms with Crippen LogP contribution in [0.25, 0.3) is 0 Å². The third kappa shape index (κ3) is 8.33. The van der Waals surface area contributed by atoms with Crippen molar-refractivity contribution in [1.82, 2.24) is 5.32 Å². The van der Waals surface area contributed by atoms with Crippen LogP contribution in [0.2, 0.25) is 0 Å². The second-order valence-corrected chi connectivity index (χ2v) is 8.75. The second kappa shape index (κ2) is 12.8. The van der Waals surface area contributed by atoms with Crippen molar-refractivity contribution >= 4 is 52.3 Å². The minimum atomic E-state index is -1.18. The second-order valence-electron chi connectivity index (χ2n) is 5.98. The molecule has 0 spiro atoms. The van der Waals surface area contributed by atoms with Crippen LogP contribution in [0.3, 0.4) is 0 Å². The Kier molecular flexibility index (Phi) is 11.2. The Bertz CT molecular complexity index is 838. The van der Waals surface area contributed by atoms with Gasteiger partial charge >= 0.3 is 5.97 Å². The van der Waals surface area contributed by atoms with Crippen LogP contribution < -0.4 is 10.1 Å². The minimum Gasteiger partial charge on any atom is -0.507 e. The Balaban J connectivity index is 0.00000132. The summed E-state index contributed by atoms with van der Waals surface area (Å²) in [5.74, 6) is -1.28. The Morgan fingerprint density at radius 3 is 2.24 bits per heavy atom. The number of ether oxygens (including phenoxy) is 1. The number of carbonyl (C=O) groups excluding carboxylic acids is 1. The largest absolute Gasteiger partial charge is 0.507 e. The van der Waals surface area contributed by atoms with Gasteiger partial charge in [-0.1, -0.05) is 20.3 Å². The number of carboxylic acids is 1. The van der Waals surface area contributed by atoms with Gasteiger partial charge in [-0.25, -0.2) is 0 Å². The van der Waals surface area contributed by atoms with Crippen molar-refractivity contribution in [3.05, 3.63) is 50.4 Å². The molecular formula is C20H24Br2NO5P. The topological polar surface area (TPSA) is 95.9 Å². The molecule has 2 rings (SSSR count). The number of amides is 1. The van der Waals surface area contributed by atoms with Gasteiger partial charge in [0.05, 0.1) is 14.5 Å². The molecular weight excluding hydrogens is 525 g/mol. The van der Waals surface area contributed by atoms with E-state index < -0.39 is 18.4 Å². The van der Waals surface area contributed by atoms with Crippen LogP contribution in [0.5, 0.6) is 17.2 Å². The molecule has 2 aromatic rings. The van der Waals surface area contributed by atoms with Crippen molar-refractivity contribution in [1.29, 1.82) is 0 Å². The van der Waals surface area contributed by atoms with Crippen molar-refractivity contribution < 1.29 is 24.5 Å². The van der Waals surface area contributed by atoms with Gasteiger partial charge in [-0.15, -0.1) is 8.58 Å². The van der Waals surface area contributed by atoms with Crippen molar-refractivity contribution in [3.8, 4) is 17.2 Å². The third-order valence-corrected chi connectivity index (χ3v) is 5.21. The first-order valence-electron chi connectivity index (χ1n) is 8.86. The molecule has 2 aromatic carbocycles. The van der Waals surface area contributed by atoms with E-state index in [-0.39, 0.29) is 11.3 Å². The zero-order valence-corrected chi connectivity index (χ0v) is 20.6. The minimum absolute atomic E-state index is 0.0696. The number of hydrogen-bond donors (Lipinski definition) is 3. The smallest absolute Gasteiger partial charge is 0.322 e. The highest BCUT2D eigenvalue weighted by atomic mass is 79.9. The van der Waals surface area contributed by atoms with E-state index in [4.69, 9.17) is 9.84 Å². The molecule has 0 aliphatic heterocycles. The van der Waals surface area contributed by atoms with E-state index in [1.54, 1.807) is 0 Å². The van der Waals surface area contributed by atoms with Crippen molar-refractivity contribution in [2.45, 2.75) is 26.4 Å². The van der Waals surface area contributed by atoms with Gasteiger partial charge in [0.25, 0.3) is 5.91 Å². The summed E-state index contributed by atoms with van der Waals surface area (Å²) in [5.41, 5.74) is 1.09. The number of phenolic OH excluding ortho intramolecular Hbond substituents is 1. The predicted molar refractivity (Wildman–Crippen MR) is 124 cm³/mol. The monoisotopic (exact) mass is 547 g/mol. The first kappa shape index (κ1) is 25.4. The zero-order valence-electron chi connectivity index (χ0n) is 16.4. The highest BCUT2D eigenvalue weighted by Crippen LogP contribution is 2.39. The average Bonchev–Trinajstić information content (AvgIpc) is 2.65. The van der Waals surface area contributed by atoms with E-state index in [0.717, 1.165) is 29.3 Å². The van der Waals surface area contributed by atoms with Gasteiger partial charge in [0.2, 0.25) is 0 Å². The van der Waals surface area contributed by atoms with Gasteiger partial charge in [-0.3, -0.25) is 9.59 Å². The summed E-state index contributed by atoms with van der Waals surface area (Å²) in [4.78, 5) is 22.6. The van der Waals surface area contributed by atoms with E-state index in [1.165, 1.54) is 24.6 Å². The SMILES string of the molecule is CCC.CPCc1cc(Br)c(Oc2ccc(O)c(C(=O)NCC(=O)O)c2)c(Br)c1. The van der Waals surface area contributed by atoms with E-state index in [1.807, 2.05) is 12.1 Å². The quantitative estimate of drug-likeness (QED) is 0.383. The Morgan fingerprint density at radius 2 is 1.72 bits per heavy atom. The number of carbonyl (C=O) groups is 2. The molecule has 0 aliphatic carbocycles. The Morgan fingerprint density at radius 1 is 1.14 bits per heavy atom. The molecule has 1 atom stereocenters. The first-order chi connectivity index (χ1) is 13.7. The average molecular weight is 549 g/mol. The Labute approximate surface area is 189 Å². The van der Waals surface area contributed by atoms with Gasteiger partial charge in [0.1, 0.15) is 18.0 Å². The number of carboxylic acid groups (broad SMARTS) is 1. The molecule has 0 bridgehead atoms. The lowest BCUT2D eigenvalue weighted by Crippen LogP contribution is -2.29. The molecule has 158 valence electrons. The number of aromatic hydroxyl groups is 1. The van der Waals surface area contributed by atoms with E-state index in [9.17, 15) is 14.7 Å². The standard InChI is InChI=1S/C17H16Br2NO5P.C3H8/c1-26-8-9-4-12(18)16(13(19)5-9)25-10-2-3-14(21)11(6-10)17(24)20-7-15(22)23;1-3-2/h2-6,21,26H,7-8H2,1H3,(H,20,24)(H,22,23);3H2,1-2H3. The first-order valence-corrected chi connectivity index (χ1v) is 12.2. The third-order valence-electron chi connectivity index (χ3n) is 3.27. The molecule has 1 amide bonds. The van der Waals surface area contributed by atoms with Gasteiger partial charge in [-0.2, -0.15) is 0 Å². The fourth-order valence-corrected chi connectivity index (χ4v) is 4.20. The van der Waals surface area contributed by atoms with Crippen molar-refractivity contribution in [2.75, 3.05) is 13.2 Å². The van der Waals surface area contributed by atoms with E-state index >= 15 is 0 Å². The van der Waals surface area contributed by atoms with Crippen LogP contribution in [0.15, 0.2) is 39.3 Å². The van der Waals surface area contributed by atoms with Gasteiger partial charge in [0.15, 0.2) is 5.75 Å². The summed E-state index contributed by atoms with van der Waals surface area (Å²) in [5, 5.41) is 20.7. The maximum absolute atomic E-state index is 12.0. The van der Waals surface area contributed by atoms with Crippen LogP contribution in [-0.2, 0) is 11.0 Å². The molecule has 29 heavy (non-hydrogen) atoms. The molecule has 1 unspecified atom stereocenters. The summed E-state index contributed by atoms with van der Waals surface area (Å²) >= 11 is 6.96. The van der Waals surface area contributed by atoms with Crippen molar-refractivity contribution in [3.63, 3.8) is 0 Å². The van der Waals surface area contributed by atoms with Crippen LogP contribution in [0, 0.1) is 0 Å². The maximum atomic E-state index is 12.0. The molecule has 3 N–H and O–H groups in total. The number of nitrogens with one attached hydrogen (secondary N) is 1. The van der Waals surface area contributed by atoms with E-state index in [0.29, 0.717) is 11.5 Å². The highest BCUT2D eigenvalue weighted by Gasteiger charge is 2.15. The molecule has 0 radical (unpaired) electrons. The molecule has 0 aromatic heterocycles. The number of benzene rings is 2. The maximum Gasteiger partial charge on any atom is 0.322 e. The lowest BCUT2D eigenvalue weighted by atomic mass is 10.1. The van der Waals surface area contributed by atoms with Crippen LogP contribution >= 0.6 is 40.4 Å². The fourth-order valence-electron chi connectivity index (χ4n) is 2.15. The predicted octanol–water partition coefficient (Wildman–Crippen LogP) is 5.75. The van der Waals surface area contributed by atoms with Crippen molar-refractivity contribution in [2.24, 2.45) is 0 Å². The normalized spacial score (nSPS) is 10.4. The van der Waals surface area contributed by atoms with Crippen LogP contribution in [0.1, 0.15) is 36.2 Å². The molecule has 0 saturated carbocycles. The number of halogens is 2. The number of hydrogen-bond acceptors (Lipinski definition) is 4. The lowest BCUT2D eigenvalue weighted by molar-refractivity contribution is -0.135. The molecule has 9 heteroatoms. The Hall–Kier alpha value is -1.63. The van der Waals surface area contributed by atoms with Gasteiger partial charge in [-0.05, 0) is 80.6 Å². The van der Waals surface area contributed by atoms with E-state index in [2.05, 4.69) is 57.7 Å². The van der Waals surface area contributed by atoms with Crippen LogP contribution in [-0.4, -0.2) is 35.3 Å². The van der Waals surface area contributed by atoms with Gasteiger partial charge in [0, 0.05) is 0 Å². The summed E-state index contributed by atoms with van der Waals surface area (Å²) in [6.45, 7) is 5.83.